The number of nitrogens with zero attached hydrogens (tertiary/aromatic N) is 1. The average molecular weight is 298 g/mol. The summed E-state index contributed by atoms with van der Waals surface area (Å²) in [5, 5.41) is 23.4. The summed E-state index contributed by atoms with van der Waals surface area (Å²) in [6.07, 6.45) is 0.0301. The van der Waals surface area contributed by atoms with E-state index in [1.807, 2.05) is 24.4 Å². The molecule has 1 aliphatic rings. The smallest absolute Gasteiger partial charge is 0.326 e. The number of hydrogen-bond donors (Lipinski definition) is 3. The Morgan fingerprint density at radius 1 is 1.60 bits per heavy atom. The first-order valence-corrected chi connectivity index (χ1v) is 7.42. The van der Waals surface area contributed by atoms with Gasteiger partial charge in [0, 0.05) is 17.8 Å². The summed E-state index contributed by atoms with van der Waals surface area (Å²) in [7, 11) is 0. The minimum atomic E-state index is -1.08. The molecule has 1 aromatic heterocycles. The number of β-amino-alcohol motifs (C(OH)–C–C–N with tert-alkyl or cyclic N) is 1. The normalized spacial score (nSPS) is 23.6. The molecule has 2 unspecified atom stereocenters. The lowest BCUT2D eigenvalue weighted by Crippen LogP contribution is -2.47. The maximum Gasteiger partial charge on any atom is 0.326 e. The zero-order chi connectivity index (χ0) is 14.7. The molecular formula is C13H18N2O4S. The number of urea groups is 1. The average Bonchev–Trinajstić information content (AvgIpc) is 3.04. The Bertz CT molecular complexity index is 477. The van der Waals surface area contributed by atoms with Crippen LogP contribution in [0.25, 0.3) is 0 Å². The number of carboxylic acid groups (broad SMARTS) is 1. The van der Waals surface area contributed by atoms with Crippen LogP contribution in [0.1, 0.15) is 30.7 Å². The highest BCUT2D eigenvalue weighted by Gasteiger charge is 2.39. The number of aliphatic carboxylic acids is 1. The Hall–Kier alpha value is -1.60. The van der Waals surface area contributed by atoms with Crippen molar-refractivity contribution in [2.75, 3.05) is 6.54 Å². The maximum atomic E-state index is 12.2. The van der Waals surface area contributed by atoms with Gasteiger partial charge in [-0.1, -0.05) is 13.0 Å². The molecule has 20 heavy (non-hydrogen) atoms. The fourth-order valence-electron chi connectivity index (χ4n) is 2.37. The Morgan fingerprint density at radius 2 is 2.35 bits per heavy atom. The van der Waals surface area contributed by atoms with E-state index in [0.29, 0.717) is 0 Å². The molecule has 0 saturated carbocycles. The molecule has 6 nitrogen and oxygen atoms in total. The summed E-state index contributed by atoms with van der Waals surface area (Å²) >= 11 is 1.55. The van der Waals surface area contributed by atoms with Crippen molar-refractivity contribution in [3.05, 3.63) is 22.4 Å². The van der Waals surface area contributed by atoms with Gasteiger partial charge in [-0.2, -0.15) is 0 Å². The van der Waals surface area contributed by atoms with Crippen LogP contribution in [0.15, 0.2) is 17.5 Å². The van der Waals surface area contributed by atoms with Gasteiger partial charge in [0.2, 0.25) is 0 Å². The molecule has 3 atom stereocenters. The van der Waals surface area contributed by atoms with E-state index in [0.717, 1.165) is 11.3 Å². The van der Waals surface area contributed by atoms with Gasteiger partial charge in [-0.15, -0.1) is 11.3 Å². The number of likely N-dealkylation sites (tertiary alicyclic amines) is 1. The van der Waals surface area contributed by atoms with E-state index in [-0.39, 0.29) is 19.0 Å². The molecule has 1 aromatic rings. The first-order valence-electron chi connectivity index (χ1n) is 6.54. The van der Waals surface area contributed by atoms with Crippen LogP contribution in [-0.2, 0) is 4.79 Å². The fourth-order valence-corrected chi connectivity index (χ4v) is 3.23. The van der Waals surface area contributed by atoms with E-state index in [1.54, 1.807) is 11.3 Å². The molecule has 1 saturated heterocycles. The number of amides is 2. The summed E-state index contributed by atoms with van der Waals surface area (Å²) in [4.78, 5) is 25.6. The lowest BCUT2D eigenvalue weighted by atomic mass is 10.2. The van der Waals surface area contributed by atoms with Gasteiger partial charge >= 0.3 is 12.0 Å². The SMILES string of the molecule is CCC(NC(=O)N1CC(O)C[C@H]1C(=O)O)c1cccs1. The van der Waals surface area contributed by atoms with Gasteiger partial charge in [0.15, 0.2) is 0 Å². The molecule has 3 N–H and O–H groups in total. The predicted molar refractivity (Wildman–Crippen MR) is 74.6 cm³/mol. The number of hydrogen-bond acceptors (Lipinski definition) is 4. The molecule has 0 aromatic carbocycles. The van der Waals surface area contributed by atoms with Crippen LogP contribution in [0.5, 0.6) is 0 Å². The van der Waals surface area contributed by atoms with Gasteiger partial charge in [-0.25, -0.2) is 9.59 Å². The van der Waals surface area contributed by atoms with Gasteiger partial charge in [0.05, 0.1) is 12.1 Å². The zero-order valence-corrected chi connectivity index (χ0v) is 12.0. The van der Waals surface area contributed by atoms with Crippen LogP contribution in [0, 0.1) is 0 Å². The second-order valence-corrected chi connectivity index (χ2v) is 5.80. The second kappa shape index (κ2) is 6.23. The third kappa shape index (κ3) is 3.10. The Kier molecular flexibility index (Phi) is 4.61. The highest BCUT2D eigenvalue weighted by molar-refractivity contribution is 7.10. The van der Waals surface area contributed by atoms with Crippen LogP contribution in [-0.4, -0.2) is 45.8 Å². The number of carbonyl (C=O) groups excluding carboxylic acids is 1. The first kappa shape index (κ1) is 14.8. The number of aliphatic hydroxyl groups excluding tert-OH is 1. The molecule has 0 radical (unpaired) electrons. The van der Waals surface area contributed by atoms with Crippen LogP contribution < -0.4 is 5.32 Å². The number of carboxylic acids is 1. The van der Waals surface area contributed by atoms with E-state index in [9.17, 15) is 14.7 Å². The quantitative estimate of drug-likeness (QED) is 0.784. The van der Waals surface area contributed by atoms with E-state index < -0.39 is 24.1 Å². The molecule has 110 valence electrons. The van der Waals surface area contributed by atoms with Crippen molar-refractivity contribution in [2.24, 2.45) is 0 Å². The van der Waals surface area contributed by atoms with Crippen LogP contribution in [0.4, 0.5) is 4.79 Å². The lowest BCUT2D eigenvalue weighted by Gasteiger charge is -2.24. The zero-order valence-electron chi connectivity index (χ0n) is 11.2. The van der Waals surface area contributed by atoms with Crippen molar-refractivity contribution in [3.8, 4) is 0 Å². The molecular weight excluding hydrogens is 280 g/mol. The minimum absolute atomic E-state index is 0.0592. The molecule has 2 heterocycles. The highest BCUT2D eigenvalue weighted by Crippen LogP contribution is 2.24. The largest absolute Gasteiger partial charge is 0.480 e. The van der Waals surface area contributed by atoms with Crippen LogP contribution in [0.3, 0.4) is 0 Å². The minimum Gasteiger partial charge on any atom is -0.480 e. The molecule has 1 fully saturated rings. The van der Waals surface area contributed by atoms with Gasteiger partial charge in [-0.3, -0.25) is 0 Å². The summed E-state index contributed by atoms with van der Waals surface area (Å²) in [6.45, 7) is 2.02. The number of nitrogens with one attached hydrogen (secondary N) is 1. The maximum absolute atomic E-state index is 12.2. The Balaban J connectivity index is 2.05. The summed E-state index contributed by atoms with van der Waals surface area (Å²) in [6, 6.07) is 2.33. The van der Waals surface area contributed by atoms with Crippen molar-refractivity contribution in [1.29, 1.82) is 0 Å². The molecule has 2 amide bonds. The second-order valence-electron chi connectivity index (χ2n) is 4.82. The number of carbonyl (C=O) groups is 2. The van der Waals surface area contributed by atoms with Crippen molar-refractivity contribution in [2.45, 2.75) is 38.0 Å². The van der Waals surface area contributed by atoms with Crippen LogP contribution in [0.2, 0.25) is 0 Å². The van der Waals surface area contributed by atoms with Gasteiger partial charge < -0.3 is 20.4 Å². The summed E-state index contributed by atoms with van der Waals surface area (Å²) in [5.41, 5.74) is 0. The molecule has 0 spiro atoms. The van der Waals surface area contributed by atoms with E-state index in [1.165, 1.54) is 4.90 Å². The molecule has 0 bridgehead atoms. The Morgan fingerprint density at radius 3 is 2.90 bits per heavy atom. The van der Waals surface area contributed by atoms with Gasteiger partial charge in [-0.05, 0) is 17.9 Å². The molecule has 7 heteroatoms. The van der Waals surface area contributed by atoms with E-state index in [2.05, 4.69) is 5.32 Å². The lowest BCUT2D eigenvalue weighted by molar-refractivity contribution is -0.141. The topological polar surface area (TPSA) is 89.9 Å². The third-order valence-electron chi connectivity index (χ3n) is 3.42. The third-order valence-corrected chi connectivity index (χ3v) is 4.40. The highest BCUT2D eigenvalue weighted by atomic mass is 32.1. The van der Waals surface area contributed by atoms with Gasteiger partial charge in [0.1, 0.15) is 6.04 Å². The number of aliphatic hydroxyl groups is 1. The van der Waals surface area contributed by atoms with Crippen molar-refractivity contribution >= 4 is 23.3 Å². The van der Waals surface area contributed by atoms with Gasteiger partial charge in [0.25, 0.3) is 0 Å². The van der Waals surface area contributed by atoms with Crippen LogP contribution >= 0.6 is 11.3 Å². The number of thiophene rings is 1. The number of rotatable bonds is 4. The monoisotopic (exact) mass is 298 g/mol. The predicted octanol–water partition coefficient (Wildman–Crippen LogP) is 1.43. The molecule has 1 aliphatic heterocycles. The fraction of sp³-hybridized carbons (Fsp3) is 0.538. The standard InChI is InChI=1S/C13H18N2O4S/c1-2-9(11-4-3-5-20-11)14-13(19)15-7-8(16)6-10(15)12(17)18/h3-5,8-10,16H,2,6-7H2,1H3,(H,14,19)(H,17,18)/t8?,9?,10-/m0/s1. The van der Waals surface area contributed by atoms with Crippen molar-refractivity contribution < 1.29 is 19.8 Å². The van der Waals surface area contributed by atoms with Crippen molar-refractivity contribution in [1.82, 2.24) is 10.2 Å². The summed E-state index contributed by atoms with van der Waals surface area (Å²) in [5.74, 6) is -1.08. The summed E-state index contributed by atoms with van der Waals surface area (Å²) < 4.78 is 0. The first-order chi connectivity index (χ1) is 9.52. The molecule has 0 aliphatic carbocycles. The van der Waals surface area contributed by atoms with E-state index in [4.69, 9.17) is 5.11 Å². The van der Waals surface area contributed by atoms with Crippen molar-refractivity contribution in [3.63, 3.8) is 0 Å². The molecule has 2 rings (SSSR count). The van der Waals surface area contributed by atoms with E-state index >= 15 is 0 Å². The Labute approximate surface area is 121 Å².